The number of piperazine rings is 1. The fourth-order valence-electron chi connectivity index (χ4n) is 4.46. The minimum Gasteiger partial charge on any atom is -0.465 e. The predicted molar refractivity (Wildman–Crippen MR) is 87.3 cm³/mol. The summed E-state index contributed by atoms with van der Waals surface area (Å²) in [6.07, 6.45) is 2.96. The Morgan fingerprint density at radius 3 is 2.00 bits per heavy atom. The summed E-state index contributed by atoms with van der Waals surface area (Å²) in [4.78, 5) is 29.6. The second kappa shape index (κ2) is 6.30. The number of likely N-dealkylation sites (tertiary alicyclic amines) is 1. The van der Waals surface area contributed by atoms with Crippen molar-refractivity contribution in [3.63, 3.8) is 0 Å². The van der Waals surface area contributed by atoms with Gasteiger partial charge in [0.15, 0.2) is 0 Å². The topological polar surface area (TPSA) is 64.1 Å². The third-order valence-corrected chi connectivity index (χ3v) is 6.16. The van der Waals surface area contributed by atoms with Crippen molar-refractivity contribution in [1.29, 1.82) is 0 Å². The van der Waals surface area contributed by atoms with Crippen LogP contribution in [0, 0.1) is 11.3 Å². The molecule has 2 amide bonds. The van der Waals surface area contributed by atoms with E-state index < -0.39 is 6.09 Å². The van der Waals surface area contributed by atoms with E-state index in [0.717, 1.165) is 51.9 Å². The molecule has 2 saturated heterocycles. The summed E-state index contributed by atoms with van der Waals surface area (Å²) in [5, 5.41) is 9.03. The van der Waals surface area contributed by atoms with Crippen LogP contribution in [-0.2, 0) is 4.79 Å². The highest BCUT2D eigenvalue weighted by Crippen LogP contribution is 2.53. The van der Waals surface area contributed by atoms with Crippen LogP contribution in [0.15, 0.2) is 0 Å². The van der Waals surface area contributed by atoms with Gasteiger partial charge in [-0.25, -0.2) is 4.79 Å². The zero-order chi connectivity index (χ0) is 16.6. The summed E-state index contributed by atoms with van der Waals surface area (Å²) in [7, 11) is 0. The standard InChI is InChI=1S/C17H29N3O3/c1-13(2)18-7-9-19(10-8-18)15(21)14-11-17(12-14)3-5-20(6-4-17)16(22)23/h13-14H,3-12H2,1-2H3,(H,22,23). The number of amides is 2. The van der Waals surface area contributed by atoms with E-state index in [4.69, 9.17) is 5.11 Å². The lowest BCUT2D eigenvalue weighted by atomic mass is 9.57. The smallest absolute Gasteiger partial charge is 0.407 e. The first kappa shape index (κ1) is 16.6. The molecule has 6 nitrogen and oxygen atoms in total. The molecule has 3 rings (SSSR count). The van der Waals surface area contributed by atoms with Crippen LogP contribution >= 0.6 is 0 Å². The molecule has 0 radical (unpaired) electrons. The largest absolute Gasteiger partial charge is 0.465 e. The number of hydrogen-bond donors (Lipinski definition) is 1. The molecule has 23 heavy (non-hydrogen) atoms. The van der Waals surface area contributed by atoms with Gasteiger partial charge in [0.25, 0.3) is 0 Å². The van der Waals surface area contributed by atoms with Crippen molar-refractivity contribution >= 4 is 12.0 Å². The number of nitrogens with zero attached hydrogens (tertiary/aromatic N) is 3. The molecule has 6 heteroatoms. The van der Waals surface area contributed by atoms with Crippen LogP contribution in [0.1, 0.15) is 39.5 Å². The van der Waals surface area contributed by atoms with Gasteiger partial charge in [-0.15, -0.1) is 0 Å². The summed E-state index contributed by atoms with van der Waals surface area (Å²) in [5.41, 5.74) is 0.242. The van der Waals surface area contributed by atoms with Gasteiger partial charge in [0.05, 0.1) is 0 Å². The predicted octanol–water partition coefficient (Wildman–Crippen LogP) is 1.71. The number of hydrogen-bond acceptors (Lipinski definition) is 3. The Kier molecular flexibility index (Phi) is 4.54. The van der Waals surface area contributed by atoms with E-state index in [1.165, 1.54) is 4.90 Å². The number of rotatable bonds is 2. The second-order valence-corrected chi connectivity index (χ2v) is 7.83. The highest BCUT2D eigenvalue weighted by atomic mass is 16.4. The van der Waals surface area contributed by atoms with Crippen LogP contribution in [0.2, 0.25) is 0 Å². The molecule has 3 aliphatic rings. The molecule has 0 aromatic carbocycles. The first-order valence-corrected chi connectivity index (χ1v) is 8.91. The van der Waals surface area contributed by atoms with Gasteiger partial charge in [-0.1, -0.05) is 0 Å². The second-order valence-electron chi connectivity index (χ2n) is 7.83. The highest BCUT2D eigenvalue weighted by Gasteiger charge is 2.49. The molecule has 0 aromatic rings. The van der Waals surface area contributed by atoms with Gasteiger partial charge in [-0.05, 0) is 44.9 Å². The normalized spacial score (nSPS) is 25.7. The molecular weight excluding hydrogens is 294 g/mol. The van der Waals surface area contributed by atoms with Gasteiger partial charge in [-0.3, -0.25) is 9.69 Å². The Morgan fingerprint density at radius 1 is 0.957 bits per heavy atom. The van der Waals surface area contributed by atoms with Crippen molar-refractivity contribution in [2.24, 2.45) is 11.3 Å². The molecule has 2 heterocycles. The SMILES string of the molecule is CC(C)N1CCN(C(=O)C2CC3(CCN(C(=O)O)CC3)C2)CC1. The lowest BCUT2D eigenvalue weighted by Crippen LogP contribution is -2.56. The first-order chi connectivity index (χ1) is 10.9. The maximum absolute atomic E-state index is 12.7. The van der Waals surface area contributed by atoms with Gasteiger partial charge in [0, 0.05) is 51.2 Å². The molecule has 0 atom stereocenters. The van der Waals surface area contributed by atoms with Crippen LogP contribution in [0.25, 0.3) is 0 Å². The molecule has 0 unspecified atom stereocenters. The number of piperidine rings is 1. The summed E-state index contributed by atoms with van der Waals surface area (Å²) in [5.74, 6) is 0.511. The molecule has 0 bridgehead atoms. The molecule has 1 saturated carbocycles. The molecular formula is C17H29N3O3. The van der Waals surface area contributed by atoms with E-state index in [-0.39, 0.29) is 11.3 Å². The van der Waals surface area contributed by atoms with E-state index >= 15 is 0 Å². The lowest BCUT2D eigenvalue weighted by molar-refractivity contribution is -0.147. The molecule has 0 aromatic heterocycles. The average molecular weight is 323 g/mol. The third-order valence-electron chi connectivity index (χ3n) is 6.16. The Morgan fingerprint density at radius 2 is 1.52 bits per heavy atom. The van der Waals surface area contributed by atoms with Gasteiger partial charge < -0.3 is 14.9 Å². The monoisotopic (exact) mass is 323 g/mol. The van der Waals surface area contributed by atoms with Crippen LogP contribution in [-0.4, -0.2) is 77.1 Å². The summed E-state index contributed by atoms with van der Waals surface area (Å²) >= 11 is 0. The zero-order valence-corrected chi connectivity index (χ0v) is 14.3. The van der Waals surface area contributed by atoms with Crippen LogP contribution in [0.3, 0.4) is 0 Å². The summed E-state index contributed by atoms with van der Waals surface area (Å²) < 4.78 is 0. The van der Waals surface area contributed by atoms with E-state index in [1.54, 1.807) is 0 Å². The van der Waals surface area contributed by atoms with Crippen molar-refractivity contribution in [2.75, 3.05) is 39.3 Å². The maximum Gasteiger partial charge on any atom is 0.407 e. The van der Waals surface area contributed by atoms with E-state index in [0.29, 0.717) is 25.0 Å². The minimum absolute atomic E-state index is 0.178. The fraction of sp³-hybridized carbons (Fsp3) is 0.882. The van der Waals surface area contributed by atoms with E-state index in [2.05, 4.69) is 18.7 Å². The van der Waals surface area contributed by atoms with Gasteiger partial charge >= 0.3 is 6.09 Å². The first-order valence-electron chi connectivity index (χ1n) is 8.91. The molecule has 3 fully saturated rings. The highest BCUT2D eigenvalue weighted by molar-refractivity contribution is 5.80. The van der Waals surface area contributed by atoms with Crippen molar-refractivity contribution in [1.82, 2.24) is 14.7 Å². The van der Waals surface area contributed by atoms with Crippen LogP contribution in [0.4, 0.5) is 4.79 Å². The third kappa shape index (κ3) is 3.32. The molecule has 1 spiro atoms. The van der Waals surface area contributed by atoms with E-state index in [1.807, 2.05) is 4.90 Å². The van der Waals surface area contributed by atoms with Gasteiger partial charge in [0.2, 0.25) is 5.91 Å². The average Bonchev–Trinajstić information content (AvgIpc) is 2.52. The molecule has 2 aliphatic heterocycles. The van der Waals surface area contributed by atoms with Crippen molar-refractivity contribution < 1.29 is 14.7 Å². The lowest BCUT2D eigenvalue weighted by Gasteiger charge is -2.52. The Hall–Kier alpha value is -1.30. The number of carboxylic acid groups (broad SMARTS) is 1. The summed E-state index contributed by atoms with van der Waals surface area (Å²) in [6, 6.07) is 0.554. The minimum atomic E-state index is -0.810. The van der Waals surface area contributed by atoms with Gasteiger partial charge in [0.1, 0.15) is 0 Å². The molecule has 1 aliphatic carbocycles. The molecule has 1 N–H and O–H groups in total. The Balaban J connectivity index is 1.45. The van der Waals surface area contributed by atoms with Gasteiger partial charge in [-0.2, -0.15) is 0 Å². The van der Waals surface area contributed by atoms with Crippen molar-refractivity contribution in [3.05, 3.63) is 0 Å². The summed E-state index contributed by atoms with van der Waals surface area (Å²) in [6.45, 7) is 9.34. The van der Waals surface area contributed by atoms with Crippen molar-refractivity contribution in [3.8, 4) is 0 Å². The quantitative estimate of drug-likeness (QED) is 0.840. The Bertz CT molecular complexity index is 456. The molecule has 130 valence electrons. The van der Waals surface area contributed by atoms with Crippen LogP contribution < -0.4 is 0 Å². The number of carbonyl (C=O) groups excluding carboxylic acids is 1. The fourth-order valence-corrected chi connectivity index (χ4v) is 4.46. The maximum atomic E-state index is 12.7. The number of carbonyl (C=O) groups is 2. The van der Waals surface area contributed by atoms with Crippen molar-refractivity contribution in [2.45, 2.75) is 45.6 Å². The Labute approximate surface area is 138 Å². The zero-order valence-electron chi connectivity index (χ0n) is 14.3. The van der Waals surface area contributed by atoms with Crippen LogP contribution in [0.5, 0.6) is 0 Å². The van der Waals surface area contributed by atoms with E-state index in [9.17, 15) is 9.59 Å².